The molecule has 0 amide bonds. The average Bonchev–Trinajstić information content (AvgIpc) is 2.94. The van der Waals surface area contributed by atoms with E-state index in [0.717, 1.165) is 37.9 Å². The van der Waals surface area contributed by atoms with Crippen LogP contribution in [-0.4, -0.2) is 17.6 Å². The molecule has 1 aromatic heterocycles. The van der Waals surface area contributed by atoms with Gasteiger partial charge in [-0.05, 0) is 91.9 Å². The fraction of sp³-hybridized carbons (Fsp3) is 0.324. The number of anilines is 1. The lowest BCUT2D eigenvalue weighted by molar-refractivity contribution is 0.590. The van der Waals surface area contributed by atoms with Gasteiger partial charge in [0.05, 0.1) is 5.52 Å². The Morgan fingerprint density at radius 3 is 2.13 bits per heavy atom. The van der Waals surface area contributed by atoms with Gasteiger partial charge in [0.25, 0.3) is 0 Å². The highest BCUT2D eigenvalue weighted by Gasteiger charge is 2.06. The minimum absolute atomic E-state index is 0.460. The predicted octanol–water partition coefficient (Wildman–Crippen LogP) is 7.73. The fourth-order valence-corrected chi connectivity index (χ4v) is 4.25. The van der Waals surface area contributed by atoms with Crippen molar-refractivity contribution < 1.29 is 0 Å². The van der Waals surface area contributed by atoms with Crippen LogP contribution in [0.25, 0.3) is 10.9 Å². The van der Waals surface area contributed by atoms with Gasteiger partial charge in [-0.1, -0.05) is 75.4 Å². The maximum absolute atomic E-state index is 4.61. The van der Waals surface area contributed by atoms with Crippen LogP contribution in [0.2, 0.25) is 0 Å². The van der Waals surface area contributed by atoms with E-state index in [0.29, 0.717) is 6.04 Å². The lowest BCUT2D eigenvalue weighted by atomic mass is 9.98. The highest BCUT2D eigenvalue weighted by Crippen LogP contribution is 2.22. The fourth-order valence-electron chi connectivity index (χ4n) is 4.25. The van der Waals surface area contributed by atoms with E-state index in [-0.39, 0.29) is 0 Å². The number of hydrogen-bond donors (Lipinski definition) is 3. The quantitative estimate of drug-likeness (QED) is 0.216. The maximum Gasteiger partial charge on any atom is 0.0707 e. The molecule has 1 heterocycles. The van der Waals surface area contributed by atoms with Crippen LogP contribution >= 0.6 is 0 Å². The number of hydrogen-bond acceptors (Lipinski definition) is 4. The number of aryl methyl sites for hydroxylation is 4. The molecule has 4 heteroatoms. The number of rotatable bonds is 9. The van der Waals surface area contributed by atoms with E-state index >= 15 is 0 Å². The largest absolute Gasteiger partial charge is 0.405 e. The molecule has 4 aromatic rings. The van der Waals surface area contributed by atoms with Crippen molar-refractivity contribution in [1.82, 2.24) is 10.3 Å². The number of nitrogens with one attached hydrogen (secondary N) is 2. The maximum atomic E-state index is 4.61. The van der Waals surface area contributed by atoms with Gasteiger partial charge in [-0.15, -0.1) is 0 Å². The van der Waals surface area contributed by atoms with Gasteiger partial charge in [0.15, 0.2) is 0 Å². The zero-order valence-corrected chi connectivity index (χ0v) is 23.9. The van der Waals surface area contributed by atoms with Crippen LogP contribution in [-0.2, 0) is 19.4 Å². The third kappa shape index (κ3) is 10.0. The Morgan fingerprint density at radius 2 is 1.53 bits per heavy atom. The smallest absolute Gasteiger partial charge is 0.0707 e. The molecule has 38 heavy (non-hydrogen) atoms. The first-order valence-corrected chi connectivity index (χ1v) is 13.7. The minimum Gasteiger partial charge on any atom is -0.405 e. The summed E-state index contributed by atoms with van der Waals surface area (Å²) in [6.07, 6.45) is 6.45. The summed E-state index contributed by atoms with van der Waals surface area (Å²) in [5.41, 5.74) is 13.8. The molecule has 4 N–H and O–H groups in total. The third-order valence-corrected chi connectivity index (χ3v) is 6.52. The Hall–Kier alpha value is -3.63. The molecule has 0 aliphatic rings. The molecule has 202 valence electrons. The van der Waals surface area contributed by atoms with Crippen LogP contribution in [0, 0.1) is 13.8 Å². The second-order valence-electron chi connectivity index (χ2n) is 9.44. The SMILES string of the molecule is C=CN.CCC(CNCc1ccccc1)Nc1ccc(C)cc1.CCc1cc2nccc(C)c2cc1CC. The lowest BCUT2D eigenvalue weighted by Gasteiger charge is -2.19. The summed E-state index contributed by atoms with van der Waals surface area (Å²) in [7, 11) is 0. The van der Waals surface area contributed by atoms with Gasteiger partial charge in [-0.3, -0.25) is 4.98 Å². The van der Waals surface area contributed by atoms with Crippen LogP contribution in [0.15, 0.2) is 91.8 Å². The molecule has 0 spiro atoms. The van der Waals surface area contributed by atoms with E-state index in [1.165, 1.54) is 45.1 Å². The molecule has 1 unspecified atom stereocenters. The highest BCUT2D eigenvalue weighted by molar-refractivity contribution is 5.83. The molecule has 4 rings (SSSR count). The van der Waals surface area contributed by atoms with Crippen molar-refractivity contribution in [3.8, 4) is 0 Å². The van der Waals surface area contributed by atoms with Crippen molar-refractivity contribution in [2.75, 3.05) is 11.9 Å². The molecule has 0 radical (unpaired) electrons. The van der Waals surface area contributed by atoms with Crippen LogP contribution in [0.3, 0.4) is 0 Å². The van der Waals surface area contributed by atoms with Gasteiger partial charge in [0, 0.05) is 36.4 Å². The number of fused-ring (bicyclic) bond motifs is 1. The zero-order valence-electron chi connectivity index (χ0n) is 23.9. The summed E-state index contributed by atoms with van der Waals surface area (Å²) >= 11 is 0. The summed E-state index contributed by atoms with van der Waals surface area (Å²) in [4.78, 5) is 4.43. The molecular formula is C34H46N4. The molecule has 1 atom stereocenters. The van der Waals surface area contributed by atoms with E-state index in [1.807, 2.05) is 6.20 Å². The summed E-state index contributed by atoms with van der Waals surface area (Å²) in [6.45, 7) is 15.9. The number of aromatic nitrogens is 1. The van der Waals surface area contributed by atoms with Gasteiger partial charge in [0.2, 0.25) is 0 Å². The highest BCUT2D eigenvalue weighted by atomic mass is 15.0. The Labute approximate surface area is 230 Å². The van der Waals surface area contributed by atoms with Crippen LogP contribution in [0.1, 0.15) is 55.0 Å². The monoisotopic (exact) mass is 510 g/mol. The number of nitrogens with two attached hydrogens (primary N) is 1. The third-order valence-electron chi connectivity index (χ3n) is 6.52. The normalized spacial score (nSPS) is 11.0. The summed E-state index contributed by atoms with van der Waals surface area (Å²) in [5, 5.41) is 8.40. The second-order valence-corrected chi connectivity index (χ2v) is 9.44. The Bertz CT molecular complexity index is 1220. The molecule has 0 saturated carbocycles. The molecule has 0 bridgehead atoms. The van der Waals surface area contributed by atoms with Gasteiger partial charge in [0.1, 0.15) is 0 Å². The van der Waals surface area contributed by atoms with Crippen molar-refractivity contribution in [2.45, 2.75) is 66.5 Å². The van der Waals surface area contributed by atoms with Crippen molar-refractivity contribution in [1.29, 1.82) is 0 Å². The van der Waals surface area contributed by atoms with Gasteiger partial charge < -0.3 is 16.4 Å². The van der Waals surface area contributed by atoms with Crippen molar-refractivity contribution >= 4 is 16.6 Å². The molecule has 0 aliphatic carbocycles. The van der Waals surface area contributed by atoms with E-state index < -0.39 is 0 Å². The number of nitrogens with zero attached hydrogens (tertiary/aromatic N) is 1. The summed E-state index contributed by atoms with van der Waals surface area (Å²) in [5.74, 6) is 0. The standard InChI is InChI=1S/C18H24N2.C14H17N.C2H5N/c1-3-17(20-18-11-9-15(2)10-12-18)14-19-13-16-7-5-4-6-8-16;1-4-11-8-13-10(3)6-7-15-14(13)9-12(11)5-2;1-2-3/h4-12,17,19-20H,3,13-14H2,1-2H3;6-9H,4-5H2,1-3H3;2H,1,3H2. The molecule has 0 aliphatic heterocycles. The van der Waals surface area contributed by atoms with E-state index in [4.69, 9.17) is 0 Å². The summed E-state index contributed by atoms with van der Waals surface area (Å²) < 4.78 is 0. The van der Waals surface area contributed by atoms with E-state index in [1.54, 1.807) is 0 Å². The Kier molecular flexibility index (Phi) is 13.7. The minimum atomic E-state index is 0.460. The van der Waals surface area contributed by atoms with Crippen LogP contribution < -0.4 is 16.4 Å². The first-order chi connectivity index (χ1) is 18.4. The molecule has 0 saturated heterocycles. The summed E-state index contributed by atoms with van der Waals surface area (Å²) in [6, 6.07) is 26.2. The predicted molar refractivity (Wildman–Crippen MR) is 167 cm³/mol. The first kappa shape index (κ1) is 30.6. The van der Waals surface area contributed by atoms with Gasteiger partial charge >= 0.3 is 0 Å². The van der Waals surface area contributed by atoms with Crippen molar-refractivity contribution in [2.24, 2.45) is 5.73 Å². The molecule has 0 fully saturated rings. The zero-order chi connectivity index (χ0) is 27.8. The van der Waals surface area contributed by atoms with Crippen LogP contribution in [0.5, 0.6) is 0 Å². The Balaban J connectivity index is 0.000000250. The van der Waals surface area contributed by atoms with Gasteiger partial charge in [-0.2, -0.15) is 0 Å². The molecule has 4 nitrogen and oxygen atoms in total. The van der Waals surface area contributed by atoms with Crippen LogP contribution in [0.4, 0.5) is 5.69 Å². The lowest BCUT2D eigenvalue weighted by Crippen LogP contribution is -2.32. The van der Waals surface area contributed by atoms with Gasteiger partial charge in [-0.25, -0.2) is 0 Å². The molecular weight excluding hydrogens is 464 g/mol. The Morgan fingerprint density at radius 1 is 0.895 bits per heavy atom. The topological polar surface area (TPSA) is 63.0 Å². The van der Waals surface area contributed by atoms with Crippen molar-refractivity contribution in [3.05, 3.63) is 120 Å². The molecule has 3 aromatic carbocycles. The average molecular weight is 511 g/mol. The van der Waals surface area contributed by atoms with E-state index in [9.17, 15) is 0 Å². The first-order valence-electron chi connectivity index (χ1n) is 13.7. The second kappa shape index (κ2) is 17.0. The number of benzene rings is 3. The van der Waals surface area contributed by atoms with E-state index in [2.05, 4.69) is 135 Å². The number of pyridine rings is 1. The van der Waals surface area contributed by atoms with Crippen molar-refractivity contribution in [3.63, 3.8) is 0 Å².